The number of rotatable bonds is 6. The maximum absolute atomic E-state index is 11.3. The van der Waals surface area contributed by atoms with Crippen LogP contribution in [0.1, 0.15) is 29.9 Å². The first-order valence-corrected chi connectivity index (χ1v) is 7.22. The van der Waals surface area contributed by atoms with E-state index in [0.29, 0.717) is 23.0 Å². The molecule has 0 atom stereocenters. The Kier molecular flexibility index (Phi) is 5.22. The average molecular weight is 321 g/mol. The molecule has 116 valence electrons. The van der Waals surface area contributed by atoms with Crippen LogP contribution >= 0.6 is 11.6 Å². The molecule has 0 bridgehead atoms. The highest BCUT2D eigenvalue weighted by Gasteiger charge is 2.16. The first-order valence-electron chi connectivity index (χ1n) is 6.84. The molecule has 1 aromatic carbocycles. The number of nitrogens with one attached hydrogen (secondary N) is 1. The zero-order valence-electron chi connectivity index (χ0n) is 12.3. The predicted octanol–water partition coefficient (Wildman–Crippen LogP) is 3.83. The van der Waals surface area contributed by atoms with Gasteiger partial charge in [0.05, 0.1) is 29.1 Å². The number of halogens is 1. The Morgan fingerprint density at radius 2 is 2.14 bits per heavy atom. The molecular formula is C16H17ClN2O3. The topological polar surface area (TPSA) is 71.5 Å². The third kappa shape index (κ3) is 4.11. The Balaban J connectivity index is 2.23. The van der Waals surface area contributed by atoms with Gasteiger partial charge in [-0.2, -0.15) is 0 Å². The molecule has 1 aromatic heterocycles. The number of pyridine rings is 1. The maximum Gasteiger partial charge on any atom is 0.339 e. The number of anilines is 1. The lowest BCUT2D eigenvalue weighted by molar-refractivity contribution is 0.0690. The van der Waals surface area contributed by atoms with E-state index in [2.05, 4.69) is 10.3 Å². The minimum atomic E-state index is -1.02. The largest absolute Gasteiger partial charge is 0.488 e. The fourth-order valence-corrected chi connectivity index (χ4v) is 2.02. The van der Waals surface area contributed by atoms with E-state index >= 15 is 0 Å². The zero-order valence-corrected chi connectivity index (χ0v) is 13.1. The first-order chi connectivity index (χ1) is 10.5. The van der Waals surface area contributed by atoms with Gasteiger partial charge in [0, 0.05) is 6.20 Å². The fraction of sp³-hybridized carbons (Fsp3) is 0.250. The minimum Gasteiger partial charge on any atom is -0.488 e. The molecule has 5 nitrogen and oxygen atoms in total. The van der Waals surface area contributed by atoms with Crippen LogP contribution < -0.4 is 10.1 Å². The summed E-state index contributed by atoms with van der Waals surface area (Å²) < 4.78 is 5.66. The maximum atomic E-state index is 11.3. The van der Waals surface area contributed by atoms with Crippen molar-refractivity contribution >= 4 is 23.3 Å². The molecule has 2 rings (SSSR count). The number of aromatic nitrogens is 1. The van der Waals surface area contributed by atoms with Crippen molar-refractivity contribution in [3.8, 4) is 5.75 Å². The number of hydrogen-bond acceptors (Lipinski definition) is 4. The lowest BCUT2D eigenvalue weighted by Gasteiger charge is -2.17. The molecule has 0 saturated heterocycles. The average Bonchev–Trinajstić information content (AvgIpc) is 2.47. The van der Waals surface area contributed by atoms with Gasteiger partial charge in [-0.25, -0.2) is 4.79 Å². The molecule has 22 heavy (non-hydrogen) atoms. The summed E-state index contributed by atoms with van der Waals surface area (Å²) in [6.45, 7) is 4.14. The molecule has 0 amide bonds. The Hall–Kier alpha value is -2.27. The van der Waals surface area contributed by atoms with E-state index in [1.54, 1.807) is 30.5 Å². The van der Waals surface area contributed by atoms with Crippen molar-refractivity contribution in [1.29, 1.82) is 0 Å². The molecule has 0 unspecified atom stereocenters. The van der Waals surface area contributed by atoms with E-state index in [0.717, 1.165) is 5.69 Å². The van der Waals surface area contributed by atoms with Gasteiger partial charge < -0.3 is 15.2 Å². The molecule has 0 aliphatic rings. The van der Waals surface area contributed by atoms with Gasteiger partial charge in [0.15, 0.2) is 5.75 Å². The van der Waals surface area contributed by atoms with Crippen LogP contribution in [0.4, 0.5) is 5.69 Å². The third-order valence-corrected chi connectivity index (χ3v) is 3.07. The van der Waals surface area contributed by atoms with Crippen molar-refractivity contribution in [2.75, 3.05) is 5.32 Å². The van der Waals surface area contributed by atoms with Crippen LogP contribution in [-0.2, 0) is 6.54 Å². The number of carboxylic acid groups (broad SMARTS) is 1. The summed E-state index contributed by atoms with van der Waals surface area (Å²) in [4.78, 5) is 15.5. The molecule has 2 N–H and O–H groups in total. The highest BCUT2D eigenvalue weighted by atomic mass is 35.5. The normalized spacial score (nSPS) is 10.5. The van der Waals surface area contributed by atoms with E-state index in [-0.39, 0.29) is 11.7 Å². The summed E-state index contributed by atoms with van der Waals surface area (Å²) in [5.41, 5.74) is 1.54. The van der Waals surface area contributed by atoms with E-state index in [4.69, 9.17) is 16.3 Å². The number of carboxylic acids is 1. The first kappa shape index (κ1) is 16.1. The lowest BCUT2D eigenvalue weighted by atomic mass is 10.1. The van der Waals surface area contributed by atoms with Crippen molar-refractivity contribution in [2.45, 2.75) is 26.5 Å². The summed E-state index contributed by atoms with van der Waals surface area (Å²) in [6.07, 6.45) is 1.44. The van der Waals surface area contributed by atoms with Crippen LogP contribution in [0.5, 0.6) is 5.75 Å². The highest BCUT2D eigenvalue weighted by molar-refractivity contribution is 6.30. The molecule has 2 aromatic rings. The molecule has 0 fully saturated rings. The molecule has 1 heterocycles. The van der Waals surface area contributed by atoms with Crippen molar-refractivity contribution in [3.05, 3.63) is 52.8 Å². The van der Waals surface area contributed by atoms with Gasteiger partial charge in [-0.3, -0.25) is 4.98 Å². The van der Waals surface area contributed by atoms with E-state index in [1.165, 1.54) is 6.07 Å². The second-order valence-corrected chi connectivity index (χ2v) is 5.41. The van der Waals surface area contributed by atoms with Gasteiger partial charge in [0.1, 0.15) is 5.56 Å². The standard InChI is InChI=1S/C16H17ClN2O3/c1-10(2)22-15-13(16(20)21)4-3-5-14(15)19-9-12-7-6-11(17)8-18-12/h3-8,10,19H,9H2,1-2H3,(H,20,21). The van der Waals surface area contributed by atoms with Crippen molar-refractivity contribution in [1.82, 2.24) is 4.98 Å². The van der Waals surface area contributed by atoms with Gasteiger partial charge in [-0.05, 0) is 38.1 Å². The molecule has 6 heteroatoms. The number of carbonyl (C=O) groups is 1. The number of ether oxygens (including phenoxy) is 1. The molecule has 0 radical (unpaired) electrons. The van der Waals surface area contributed by atoms with Crippen LogP contribution in [0.3, 0.4) is 0 Å². The van der Waals surface area contributed by atoms with Gasteiger partial charge in [0.25, 0.3) is 0 Å². The summed E-state index contributed by atoms with van der Waals surface area (Å²) in [5, 5.41) is 13.0. The summed E-state index contributed by atoms with van der Waals surface area (Å²) >= 11 is 5.80. The molecule has 0 spiro atoms. The van der Waals surface area contributed by atoms with Gasteiger partial charge in [-0.1, -0.05) is 17.7 Å². The summed E-state index contributed by atoms with van der Waals surface area (Å²) in [6, 6.07) is 8.53. The fourth-order valence-electron chi connectivity index (χ4n) is 1.90. The number of para-hydroxylation sites is 1. The Morgan fingerprint density at radius 1 is 1.36 bits per heavy atom. The third-order valence-electron chi connectivity index (χ3n) is 2.85. The van der Waals surface area contributed by atoms with Gasteiger partial charge >= 0.3 is 5.97 Å². The van der Waals surface area contributed by atoms with Crippen molar-refractivity contribution in [3.63, 3.8) is 0 Å². The molecule has 0 aliphatic carbocycles. The Labute approximate surface area is 133 Å². The number of aromatic carboxylic acids is 1. The van der Waals surface area contributed by atoms with Crippen LogP contribution in [0.2, 0.25) is 5.02 Å². The smallest absolute Gasteiger partial charge is 0.339 e. The van der Waals surface area contributed by atoms with Crippen LogP contribution in [-0.4, -0.2) is 22.2 Å². The lowest BCUT2D eigenvalue weighted by Crippen LogP contribution is -2.13. The number of hydrogen-bond donors (Lipinski definition) is 2. The van der Waals surface area contributed by atoms with Crippen LogP contribution in [0.25, 0.3) is 0 Å². The quantitative estimate of drug-likeness (QED) is 0.846. The number of benzene rings is 1. The van der Waals surface area contributed by atoms with Crippen molar-refractivity contribution in [2.24, 2.45) is 0 Å². The summed E-state index contributed by atoms with van der Waals surface area (Å²) in [7, 11) is 0. The monoisotopic (exact) mass is 320 g/mol. The summed E-state index contributed by atoms with van der Waals surface area (Å²) in [5.74, 6) is -0.692. The second kappa shape index (κ2) is 7.13. The van der Waals surface area contributed by atoms with E-state index in [9.17, 15) is 9.90 Å². The predicted molar refractivity (Wildman–Crippen MR) is 85.7 cm³/mol. The molecular weight excluding hydrogens is 304 g/mol. The highest BCUT2D eigenvalue weighted by Crippen LogP contribution is 2.30. The Morgan fingerprint density at radius 3 is 2.73 bits per heavy atom. The Bertz CT molecular complexity index is 657. The van der Waals surface area contributed by atoms with Crippen molar-refractivity contribution < 1.29 is 14.6 Å². The van der Waals surface area contributed by atoms with Crippen LogP contribution in [0.15, 0.2) is 36.5 Å². The molecule has 0 saturated carbocycles. The minimum absolute atomic E-state index is 0.128. The van der Waals surface area contributed by atoms with Crippen LogP contribution in [0, 0.1) is 0 Å². The zero-order chi connectivity index (χ0) is 16.1. The van der Waals surface area contributed by atoms with E-state index in [1.807, 2.05) is 13.8 Å². The van der Waals surface area contributed by atoms with Gasteiger partial charge in [-0.15, -0.1) is 0 Å². The number of nitrogens with zero attached hydrogens (tertiary/aromatic N) is 1. The van der Waals surface area contributed by atoms with E-state index < -0.39 is 5.97 Å². The SMILES string of the molecule is CC(C)Oc1c(NCc2ccc(Cl)cn2)cccc1C(=O)O. The second-order valence-electron chi connectivity index (χ2n) is 4.98. The molecule has 0 aliphatic heterocycles. The van der Waals surface area contributed by atoms with Gasteiger partial charge in [0.2, 0.25) is 0 Å².